The molecule has 1 amide bonds. The highest BCUT2D eigenvalue weighted by molar-refractivity contribution is 7.88. The van der Waals surface area contributed by atoms with Crippen LogP contribution in [0.4, 0.5) is 13.2 Å². The van der Waals surface area contributed by atoms with E-state index in [1.165, 1.54) is 0 Å². The molecule has 0 spiro atoms. The summed E-state index contributed by atoms with van der Waals surface area (Å²) in [7, 11) is -6.07. The first-order valence-corrected chi connectivity index (χ1v) is 7.76. The summed E-state index contributed by atoms with van der Waals surface area (Å²) < 4.78 is 63.6. The molecule has 0 radical (unpaired) electrons. The zero-order valence-electron chi connectivity index (χ0n) is 12.8. The fraction of sp³-hybridized carbons (Fsp3) is 0.385. The molecule has 1 rings (SSSR count). The quantitative estimate of drug-likeness (QED) is 0.622. The minimum Gasteiger partial charge on any atom is -0.478 e. The van der Waals surface area contributed by atoms with E-state index in [-0.39, 0.29) is 0 Å². The van der Waals surface area contributed by atoms with E-state index >= 15 is 0 Å². The van der Waals surface area contributed by atoms with Crippen molar-refractivity contribution in [3.05, 3.63) is 29.3 Å². The Kier molecular flexibility index (Phi) is 5.19. The van der Waals surface area contributed by atoms with E-state index in [0.717, 1.165) is 18.2 Å². The van der Waals surface area contributed by atoms with Crippen LogP contribution in [0.25, 0.3) is 0 Å². The van der Waals surface area contributed by atoms with Crippen molar-refractivity contribution in [2.75, 3.05) is 0 Å². The molecule has 0 heterocycles. The highest BCUT2D eigenvalue weighted by atomic mass is 32.2. The zero-order valence-corrected chi connectivity index (χ0v) is 13.6. The number of hydrogen-bond acceptors (Lipinski definition) is 5. The molecule has 0 aromatic heterocycles. The van der Waals surface area contributed by atoms with Gasteiger partial charge < -0.3 is 14.6 Å². The predicted octanol–water partition coefficient (Wildman–Crippen LogP) is 2.14. The van der Waals surface area contributed by atoms with E-state index in [1.807, 2.05) is 0 Å². The highest BCUT2D eigenvalue weighted by Crippen LogP contribution is 2.30. The normalized spacial score (nSPS) is 12.6. The van der Waals surface area contributed by atoms with Gasteiger partial charge in [0, 0.05) is 5.54 Å². The summed E-state index contributed by atoms with van der Waals surface area (Å²) >= 11 is 0. The Hall–Kier alpha value is -2.30. The number of hydrogen-bond donors (Lipinski definition) is 2. The van der Waals surface area contributed by atoms with Gasteiger partial charge in [0.05, 0.1) is 11.1 Å². The van der Waals surface area contributed by atoms with Gasteiger partial charge in [0.2, 0.25) is 0 Å². The van der Waals surface area contributed by atoms with Gasteiger partial charge in [-0.15, -0.1) is 0 Å². The lowest BCUT2D eigenvalue weighted by Crippen LogP contribution is -2.41. The van der Waals surface area contributed by atoms with Gasteiger partial charge in [-0.3, -0.25) is 4.79 Å². The Labute approximate surface area is 135 Å². The standard InChI is InChI=1S/C13H14F3NO6S/c1-12(2,3)17-10(18)9-7(11(19)20)5-4-6-8(9)23-24(21,22)13(14,15)16/h4-6H,1-3H3,(H,17,18)(H,19,20). The van der Waals surface area contributed by atoms with Crippen LogP contribution in [0.3, 0.4) is 0 Å². The molecular formula is C13H14F3NO6S. The third-order valence-corrected chi connectivity index (χ3v) is 3.42. The van der Waals surface area contributed by atoms with Gasteiger partial charge in [-0.1, -0.05) is 6.07 Å². The van der Waals surface area contributed by atoms with Crippen molar-refractivity contribution in [3.8, 4) is 5.75 Å². The van der Waals surface area contributed by atoms with Crippen LogP contribution in [0, 0.1) is 0 Å². The first kappa shape index (κ1) is 19.7. The monoisotopic (exact) mass is 369 g/mol. The first-order valence-electron chi connectivity index (χ1n) is 6.35. The van der Waals surface area contributed by atoms with E-state index in [0.29, 0.717) is 0 Å². The molecule has 7 nitrogen and oxygen atoms in total. The molecule has 0 saturated heterocycles. The second kappa shape index (κ2) is 6.30. The Morgan fingerprint density at radius 2 is 1.71 bits per heavy atom. The van der Waals surface area contributed by atoms with E-state index in [4.69, 9.17) is 5.11 Å². The van der Waals surface area contributed by atoms with E-state index in [2.05, 4.69) is 9.50 Å². The lowest BCUT2D eigenvalue weighted by Gasteiger charge is -2.22. The summed E-state index contributed by atoms with van der Waals surface area (Å²) in [5.74, 6) is -3.76. The van der Waals surface area contributed by atoms with Gasteiger partial charge in [-0.25, -0.2) is 4.79 Å². The van der Waals surface area contributed by atoms with Gasteiger partial charge in [0.1, 0.15) is 0 Å². The first-order chi connectivity index (χ1) is 10.7. The van der Waals surface area contributed by atoms with Gasteiger partial charge in [-0.05, 0) is 32.9 Å². The summed E-state index contributed by atoms with van der Waals surface area (Å²) in [4.78, 5) is 23.4. The molecule has 0 atom stereocenters. The molecule has 1 aromatic rings. The number of nitrogens with one attached hydrogen (secondary N) is 1. The third-order valence-electron chi connectivity index (χ3n) is 2.46. The summed E-state index contributed by atoms with van der Waals surface area (Å²) in [5.41, 5.74) is -8.12. The molecule has 0 bridgehead atoms. The highest BCUT2D eigenvalue weighted by Gasteiger charge is 2.49. The van der Waals surface area contributed by atoms with Crippen LogP contribution in [0.1, 0.15) is 41.5 Å². The smallest absolute Gasteiger partial charge is 0.478 e. The Bertz CT molecular complexity index is 765. The van der Waals surface area contributed by atoms with Crippen molar-refractivity contribution in [1.82, 2.24) is 5.32 Å². The molecule has 0 aliphatic carbocycles. The molecule has 0 fully saturated rings. The number of carboxylic acids is 1. The van der Waals surface area contributed by atoms with Gasteiger partial charge >= 0.3 is 21.6 Å². The fourth-order valence-corrected chi connectivity index (χ4v) is 2.05. The number of carboxylic acid groups (broad SMARTS) is 1. The molecule has 0 unspecified atom stereocenters. The molecule has 0 aliphatic heterocycles. The molecule has 2 N–H and O–H groups in total. The minimum atomic E-state index is -6.07. The van der Waals surface area contributed by atoms with Crippen LogP contribution in [-0.4, -0.2) is 36.4 Å². The molecule has 0 aliphatic rings. The fourth-order valence-electron chi connectivity index (χ4n) is 1.58. The van der Waals surface area contributed by atoms with Crippen LogP contribution in [0.2, 0.25) is 0 Å². The van der Waals surface area contributed by atoms with E-state index in [9.17, 15) is 31.2 Å². The largest absolute Gasteiger partial charge is 0.534 e. The zero-order chi connectivity index (χ0) is 18.9. The summed E-state index contributed by atoms with van der Waals surface area (Å²) in [6.45, 7) is 4.63. The third kappa shape index (κ3) is 4.60. The lowest BCUT2D eigenvalue weighted by atomic mass is 10.0. The molecular weight excluding hydrogens is 355 g/mol. The maximum absolute atomic E-state index is 12.5. The number of carbonyl (C=O) groups excluding carboxylic acids is 1. The predicted molar refractivity (Wildman–Crippen MR) is 76.2 cm³/mol. The van der Waals surface area contributed by atoms with Crippen LogP contribution in [0.5, 0.6) is 5.75 Å². The number of amides is 1. The average molecular weight is 369 g/mol. The van der Waals surface area contributed by atoms with Crippen molar-refractivity contribution in [2.45, 2.75) is 31.8 Å². The summed E-state index contributed by atoms with van der Waals surface area (Å²) in [6, 6.07) is 2.65. The van der Waals surface area contributed by atoms with Crippen molar-refractivity contribution in [2.24, 2.45) is 0 Å². The number of aromatic carboxylic acids is 1. The van der Waals surface area contributed by atoms with Crippen LogP contribution < -0.4 is 9.50 Å². The lowest BCUT2D eigenvalue weighted by molar-refractivity contribution is -0.0500. The number of benzene rings is 1. The molecule has 1 aromatic carbocycles. The molecule has 0 saturated carbocycles. The van der Waals surface area contributed by atoms with Crippen molar-refractivity contribution in [1.29, 1.82) is 0 Å². The topological polar surface area (TPSA) is 110 Å². The van der Waals surface area contributed by atoms with E-state index < -0.39 is 49.9 Å². The summed E-state index contributed by atoms with van der Waals surface area (Å²) in [5, 5.41) is 11.4. The molecule has 134 valence electrons. The average Bonchev–Trinajstić information content (AvgIpc) is 2.34. The number of rotatable bonds is 4. The van der Waals surface area contributed by atoms with E-state index in [1.54, 1.807) is 20.8 Å². The number of alkyl halides is 3. The van der Waals surface area contributed by atoms with Crippen LogP contribution in [-0.2, 0) is 10.1 Å². The van der Waals surface area contributed by atoms with Crippen molar-refractivity contribution in [3.63, 3.8) is 0 Å². The molecule has 11 heteroatoms. The molecule has 24 heavy (non-hydrogen) atoms. The summed E-state index contributed by atoms with van der Waals surface area (Å²) in [6.07, 6.45) is 0. The Morgan fingerprint density at radius 1 is 1.17 bits per heavy atom. The second-order valence-electron chi connectivity index (χ2n) is 5.67. The van der Waals surface area contributed by atoms with Gasteiger partial charge in [0.15, 0.2) is 5.75 Å². The Morgan fingerprint density at radius 3 is 2.12 bits per heavy atom. The SMILES string of the molecule is CC(C)(C)NC(=O)c1c(OS(=O)(=O)C(F)(F)F)cccc1C(=O)O. The van der Waals surface area contributed by atoms with Crippen molar-refractivity contribution >= 4 is 22.0 Å². The van der Waals surface area contributed by atoms with Gasteiger partial charge in [0.25, 0.3) is 5.91 Å². The minimum absolute atomic E-state index is 0.702. The Balaban J connectivity index is 3.50. The second-order valence-corrected chi connectivity index (χ2v) is 7.21. The van der Waals surface area contributed by atoms with Crippen molar-refractivity contribution < 1.29 is 40.5 Å². The maximum Gasteiger partial charge on any atom is 0.534 e. The number of halogens is 3. The van der Waals surface area contributed by atoms with Gasteiger partial charge in [-0.2, -0.15) is 21.6 Å². The number of carbonyl (C=O) groups is 2. The van der Waals surface area contributed by atoms with Crippen LogP contribution >= 0.6 is 0 Å². The van der Waals surface area contributed by atoms with Crippen LogP contribution in [0.15, 0.2) is 18.2 Å². The maximum atomic E-state index is 12.5.